The van der Waals surface area contributed by atoms with Crippen LogP contribution in [0.5, 0.6) is 5.75 Å². The summed E-state index contributed by atoms with van der Waals surface area (Å²) in [6.45, 7) is 1.03. The lowest BCUT2D eigenvalue weighted by Crippen LogP contribution is -2.04. The van der Waals surface area contributed by atoms with Gasteiger partial charge in [0, 0.05) is 11.9 Å². The van der Waals surface area contributed by atoms with Crippen LogP contribution in [0.3, 0.4) is 0 Å². The molecule has 100 valence electrons. The van der Waals surface area contributed by atoms with E-state index in [0.29, 0.717) is 13.2 Å². The quantitative estimate of drug-likeness (QED) is 0.786. The second-order valence-corrected chi connectivity index (χ2v) is 4.63. The number of hydrogen-bond donors (Lipinski definition) is 1. The fourth-order valence-electron chi connectivity index (χ4n) is 2.19. The van der Waals surface area contributed by atoms with Gasteiger partial charge < -0.3 is 10.5 Å². The molecule has 3 aromatic rings. The first-order valence-electron chi connectivity index (χ1n) is 6.61. The Bertz CT molecular complexity index is 725. The fraction of sp³-hybridized carbons (Fsp3) is 0.118. The molecular weight excluding hydrogens is 248 g/mol. The van der Waals surface area contributed by atoms with E-state index in [4.69, 9.17) is 10.5 Å². The van der Waals surface area contributed by atoms with Crippen LogP contribution in [0.25, 0.3) is 10.9 Å². The Labute approximate surface area is 118 Å². The smallest absolute Gasteiger partial charge is 0.138 e. The van der Waals surface area contributed by atoms with E-state index in [-0.39, 0.29) is 0 Å². The monoisotopic (exact) mass is 264 g/mol. The third-order valence-electron chi connectivity index (χ3n) is 3.30. The van der Waals surface area contributed by atoms with Gasteiger partial charge in [-0.3, -0.25) is 4.98 Å². The SMILES string of the molecule is NCc1ccccc1COc1cnc2ccccc2c1. The molecule has 3 rings (SSSR count). The molecule has 3 heteroatoms. The minimum Gasteiger partial charge on any atom is -0.487 e. The minimum absolute atomic E-state index is 0.507. The maximum atomic E-state index is 5.82. The van der Waals surface area contributed by atoms with Gasteiger partial charge in [0.2, 0.25) is 0 Å². The van der Waals surface area contributed by atoms with Crippen molar-refractivity contribution in [1.29, 1.82) is 0 Å². The minimum atomic E-state index is 0.507. The normalized spacial score (nSPS) is 10.7. The predicted molar refractivity (Wildman–Crippen MR) is 80.4 cm³/mol. The molecule has 0 aliphatic rings. The van der Waals surface area contributed by atoms with Crippen molar-refractivity contribution in [3.8, 4) is 5.75 Å². The first-order chi connectivity index (χ1) is 9.86. The summed E-state index contributed by atoms with van der Waals surface area (Å²) < 4.78 is 5.82. The number of nitrogens with two attached hydrogens (primary N) is 1. The molecule has 0 atom stereocenters. The number of ether oxygens (including phenoxy) is 1. The van der Waals surface area contributed by atoms with Gasteiger partial charge in [-0.25, -0.2) is 0 Å². The van der Waals surface area contributed by atoms with Crippen LogP contribution in [0, 0.1) is 0 Å². The summed E-state index contributed by atoms with van der Waals surface area (Å²) in [6.07, 6.45) is 1.76. The van der Waals surface area contributed by atoms with E-state index in [2.05, 4.69) is 4.98 Å². The number of fused-ring (bicyclic) bond motifs is 1. The number of benzene rings is 2. The van der Waals surface area contributed by atoms with Crippen molar-refractivity contribution in [1.82, 2.24) is 4.98 Å². The Morgan fingerprint density at radius 1 is 0.950 bits per heavy atom. The van der Waals surface area contributed by atoms with Gasteiger partial charge in [-0.2, -0.15) is 0 Å². The topological polar surface area (TPSA) is 48.1 Å². The van der Waals surface area contributed by atoms with E-state index in [1.54, 1.807) is 6.20 Å². The maximum Gasteiger partial charge on any atom is 0.138 e. The molecule has 0 saturated heterocycles. The van der Waals surface area contributed by atoms with Crippen molar-refractivity contribution in [3.05, 3.63) is 71.9 Å². The Kier molecular flexibility index (Phi) is 3.61. The molecule has 1 heterocycles. The second kappa shape index (κ2) is 5.72. The van der Waals surface area contributed by atoms with Gasteiger partial charge in [-0.15, -0.1) is 0 Å². The summed E-state index contributed by atoms with van der Waals surface area (Å²) in [5.41, 5.74) is 8.93. The molecule has 0 fully saturated rings. The molecule has 0 aliphatic carbocycles. The number of para-hydroxylation sites is 1. The van der Waals surface area contributed by atoms with E-state index in [0.717, 1.165) is 27.8 Å². The standard InChI is InChI=1S/C17H16N2O/c18-10-14-6-1-2-7-15(14)12-20-16-9-13-5-3-4-8-17(13)19-11-16/h1-9,11H,10,12,18H2. The van der Waals surface area contributed by atoms with E-state index < -0.39 is 0 Å². The first kappa shape index (κ1) is 12.6. The zero-order chi connectivity index (χ0) is 13.8. The highest BCUT2D eigenvalue weighted by Crippen LogP contribution is 2.19. The molecule has 0 bridgehead atoms. The van der Waals surface area contributed by atoms with Crippen molar-refractivity contribution in [2.45, 2.75) is 13.2 Å². The molecular formula is C17H16N2O. The molecule has 0 spiro atoms. The average Bonchev–Trinajstić information content (AvgIpc) is 2.53. The molecule has 3 nitrogen and oxygen atoms in total. The number of nitrogens with zero attached hydrogens (tertiary/aromatic N) is 1. The van der Waals surface area contributed by atoms with Crippen LogP contribution in [0.4, 0.5) is 0 Å². The molecule has 2 N–H and O–H groups in total. The van der Waals surface area contributed by atoms with E-state index in [1.807, 2.05) is 54.6 Å². The van der Waals surface area contributed by atoms with Crippen LogP contribution in [0.15, 0.2) is 60.8 Å². The summed E-state index contributed by atoms with van der Waals surface area (Å²) in [5.74, 6) is 0.774. The number of hydrogen-bond acceptors (Lipinski definition) is 3. The largest absolute Gasteiger partial charge is 0.487 e. The zero-order valence-corrected chi connectivity index (χ0v) is 11.1. The summed E-state index contributed by atoms with van der Waals surface area (Å²) in [4.78, 5) is 4.39. The van der Waals surface area contributed by atoms with Crippen molar-refractivity contribution in [2.24, 2.45) is 5.73 Å². The Morgan fingerprint density at radius 2 is 1.70 bits per heavy atom. The highest BCUT2D eigenvalue weighted by molar-refractivity contribution is 5.79. The van der Waals surface area contributed by atoms with E-state index in [9.17, 15) is 0 Å². The van der Waals surface area contributed by atoms with Gasteiger partial charge >= 0.3 is 0 Å². The van der Waals surface area contributed by atoms with Gasteiger partial charge in [-0.1, -0.05) is 42.5 Å². The molecule has 0 radical (unpaired) electrons. The number of aromatic nitrogens is 1. The Morgan fingerprint density at radius 3 is 2.55 bits per heavy atom. The van der Waals surface area contributed by atoms with Crippen LogP contribution >= 0.6 is 0 Å². The van der Waals surface area contributed by atoms with Crippen LogP contribution in [0.1, 0.15) is 11.1 Å². The Balaban J connectivity index is 1.79. The number of pyridine rings is 1. The third-order valence-corrected chi connectivity index (χ3v) is 3.30. The van der Waals surface area contributed by atoms with Crippen LogP contribution in [-0.4, -0.2) is 4.98 Å². The molecule has 2 aromatic carbocycles. The maximum absolute atomic E-state index is 5.82. The average molecular weight is 264 g/mol. The van der Waals surface area contributed by atoms with Crippen LogP contribution in [0.2, 0.25) is 0 Å². The highest BCUT2D eigenvalue weighted by atomic mass is 16.5. The second-order valence-electron chi connectivity index (χ2n) is 4.63. The van der Waals surface area contributed by atoms with Crippen molar-refractivity contribution < 1.29 is 4.74 Å². The first-order valence-corrected chi connectivity index (χ1v) is 6.61. The zero-order valence-electron chi connectivity index (χ0n) is 11.1. The summed E-state index contributed by atoms with van der Waals surface area (Å²) in [6, 6.07) is 18.1. The summed E-state index contributed by atoms with van der Waals surface area (Å²) >= 11 is 0. The molecule has 0 unspecified atom stereocenters. The van der Waals surface area contributed by atoms with Crippen LogP contribution in [-0.2, 0) is 13.2 Å². The highest BCUT2D eigenvalue weighted by Gasteiger charge is 2.02. The van der Waals surface area contributed by atoms with Gasteiger partial charge in [-0.05, 0) is 23.3 Å². The molecule has 0 amide bonds. The van der Waals surface area contributed by atoms with Gasteiger partial charge in [0.05, 0.1) is 11.7 Å². The van der Waals surface area contributed by atoms with Crippen molar-refractivity contribution in [2.75, 3.05) is 0 Å². The lowest BCUT2D eigenvalue weighted by Gasteiger charge is -2.10. The molecule has 0 saturated carbocycles. The van der Waals surface area contributed by atoms with Crippen LogP contribution < -0.4 is 10.5 Å². The van der Waals surface area contributed by atoms with E-state index in [1.165, 1.54) is 0 Å². The van der Waals surface area contributed by atoms with Gasteiger partial charge in [0.1, 0.15) is 12.4 Å². The van der Waals surface area contributed by atoms with Crippen molar-refractivity contribution in [3.63, 3.8) is 0 Å². The lowest BCUT2D eigenvalue weighted by molar-refractivity contribution is 0.304. The third kappa shape index (κ3) is 2.63. The predicted octanol–water partition coefficient (Wildman–Crippen LogP) is 3.27. The summed E-state index contributed by atoms with van der Waals surface area (Å²) in [5, 5.41) is 1.08. The number of rotatable bonds is 4. The lowest BCUT2D eigenvalue weighted by atomic mass is 10.1. The van der Waals surface area contributed by atoms with Gasteiger partial charge in [0.15, 0.2) is 0 Å². The summed E-state index contributed by atoms with van der Waals surface area (Å²) in [7, 11) is 0. The van der Waals surface area contributed by atoms with E-state index >= 15 is 0 Å². The Hall–Kier alpha value is -2.39. The fourth-order valence-corrected chi connectivity index (χ4v) is 2.19. The molecule has 0 aliphatic heterocycles. The molecule has 20 heavy (non-hydrogen) atoms. The van der Waals surface area contributed by atoms with Gasteiger partial charge in [0.25, 0.3) is 0 Å². The van der Waals surface area contributed by atoms with Crippen molar-refractivity contribution >= 4 is 10.9 Å². The molecule has 1 aromatic heterocycles.